The van der Waals surface area contributed by atoms with Crippen molar-refractivity contribution in [3.05, 3.63) is 162 Å². The molecule has 3 radical (unpaired) electrons. The van der Waals surface area contributed by atoms with E-state index in [1.54, 1.807) is 18.2 Å². The zero-order valence-electron chi connectivity index (χ0n) is 26.8. The fourth-order valence-corrected chi connectivity index (χ4v) is 6.32. The normalized spacial score (nSPS) is 16.7. The Bertz CT molecular complexity index is 2350. The van der Waals surface area contributed by atoms with Gasteiger partial charge in [0.05, 0.1) is 11.1 Å². The number of oxazole rings is 2. The van der Waals surface area contributed by atoms with Crippen LogP contribution in [0.5, 0.6) is 0 Å². The molecular weight excluding hydrogens is 639 g/mol. The van der Waals surface area contributed by atoms with Crippen molar-refractivity contribution in [1.82, 2.24) is 9.97 Å². The summed E-state index contributed by atoms with van der Waals surface area (Å²) in [5.74, 6) is 1.32. The van der Waals surface area contributed by atoms with Gasteiger partial charge < -0.3 is 8.83 Å². The fourth-order valence-electron chi connectivity index (χ4n) is 6.32. The van der Waals surface area contributed by atoms with Crippen molar-refractivity contribution >= 4 is 84.9 Å². The molecule has 0 fully saturated rings. The average molecular weight is 668 g/mol. The molecule has 1 atom stereocenters. The molecule has 0 bridgehead atoms. The first-order chi connectivity index (χ1) is 24.0. The van der Waals surface area contributed by atoms with E-state index in [0.717, 1.165) is 16.6 Å². The van der Waals surface area contributed by atoms with Crippen molar-refractivity contribution in [3.8, 4) is 0 Å². The summed E-state index contributed by atoms with van der Waals surface area (Å²) in [5.41, 5.74) is 7.36. The number of ketones is 3. The summed E-state index contributed by atoms with van der Waals surface area (Å²) in [6, 6.07) is 25.3. The first kappa shape index (κ1) is 32.6. The number of benzene rings is 4. The Hall–Kier alpha value is -5.94. The maximum Gasteiger partial charge on any atom is 0.230 e. The monoisotopic (exact) mass is 667 g/mol. The number of aromatic nitrogens is 2. The number of allylic oxidation sites excluding steroid dienone is 11. The SMILES string of the molecule is O=C1C=CC2C=Cc3cccc4ccc1c2c34.O=C1CC=CC=C1c1nc2ccccc2o1.O=C1CC=CC=C1c1nc2ccccc2o1.[Al]. The highest BCUT2D eigenvalue weighted by atomic mass is 27.0. The Labute approximate surface area is 297 Å². The van der Waals surface area contributed by atoms with Crippen molar-refractivity contribution in [1.29, 1.82) is 0 Å². The fraction of sp³-hybridized carbons (Fsp3) is 0.0714. The third-order valence-corrected chi connectivity index (χ3v) is 8.71. The van der Waals surface area contributed by atoms with Crippen LogP contribution in [-0.4, -0.2) is 44.7 Å². The van der Waals surface area contributed by atoms with Crippen molar-refractivity contribution in [2.24, 2.45) is 0 Å². The van der Waals surface area contributed by atoms with Gasteiger partial charge in [0.1, 0.15) is 11.0 Å². The minimum absolute atomic E-state index is 0. The van der Waals surface area contributed by atoms with Crippen molar-refractivity contribution in [2.75, 3.05) is 0 Å². The molecular formula is C42H28AlN2O5. The van der Waals surface area contributed by atoms with Gasteiger partial charge in [-0.2, -0.15) is 0 Å². The molecule has 0 aliphatic heterocycles. The molecule has 0 N–H and O–H groups in total. The van der Waals surface area contributed by atoms with Gasteiger partial charge in [0.15, 0.2) is 28.5 Å². The largest absolute Gasteiger partial charge is 0.436 e. The molecule has 4 aliphatic rings. The number of Topliss-reactive ketones (excluding diaryl/α,β-unsaturated/α-hetero) is 2. The Morgan fingerprint density at radius 3 is 1.78 bits per heavy atom. The van der Waals surface area contributed by atoms with Crippen LogP contribution in [0.1, 0.15) is 52.0 Å². The number of carbonyl (C=O) groups is 3. The maximum atomic E-state index is 11.9. The maximum absolute atomic E-state index is 11.9. The smallest absolute Gasteiger partial charge is 0.230 e. The number of carbonyl (C=O) groups excluding carboxylic acids is 3. The molecule has 0 spiro atoms. The van der Waals surface area contributed by atoms with E-state index in [-0.39, 0.29) is 40.6 Å². The predicted molar refractivity (Wildman–Crippen MR) is 196 cm³/mol. The summed E-state index contributed by atoms with van der Waals surface area (Å²) in [4.78, 5) is 43.8. The molecule has 4 aliphatic carbocycles. The van der Waals surface area contributed by atoms with E-state index in [0.29, 0.717) is 46.9 Å². The van der Waals surface area contributed by atoms with Gasteiger partial charge in [-0.15, -0.1) is 0 Å². The summed E-state index contributed by atoms with van der Waals surface area (Å²) in [5, 5.41) is 2.47. The first-order valence-corrected chi connectivity index (χ1v) is 16.0. The number of fused-ring (bicyclic) bond motifs is 2. The van der Waals surface area contributed by atoms with Crippen LogP contribution in [0.3, 0.4) is 0 Å². The van der Waals surface area contributed by atoms with E-state index in [1.165, 1.54) is 21.9 Å². The zero-order chi connectivity index (χ0) is 33.3. The lowest BCUT2D eigenvalue weighted by Crippen LogP contribution is -2.12. The average Bonchev–Trinajstić information content (AvgIpc) is 3.77. The molecule has 2 aromatic heterocycles. The van der Waals surface area contributed by atoms with Crippen LogP contribution in [0.4, 0.5) is 0 Å². The lowest BCUT2D eigenvalue weighted by molar-refractivity contribution is -0.113. The highest BCUT2D eigenvalue weighted by Gasteiger charge is 2.25. The Kier molecular flexibility index (Phi) is 9.06. The van der Waals surface area contributed by atoms with Gasteiger partial charge in [0.25, 0.3) is 0 Å². The minimum Gasteiger partial charge on any atom is -0.436 e. The van der Waals surface area contributed by atoms with E-state index in [1.807, 2.05) is 91.0 Å². The Morgan fingerprint density at radius 2 is 1.20 bits per heavy atom. The van der Waals surface area contributed by atoms with E-state index in [4.69, 9.17) is 8.83 Å². The highest BCUT2D eigenvalue weighted by Crippen LogP contribution is 2.40. The van der Waals surface area contributed by atoms with Gasteiger partial charge in [-0.3, -0.25) is 14.4 Å². The van der Waals surface area contributed by atoms with E-state index < -0.39 is 0 Å². The molecule has 8 heteroatoms. The van der Waals surface area contributed by atoms with Crippen LogP contribution in [0.2, 0.25) is 0 Å². The molecule has 7 nitrogen and oxygen atoms in total. The number of hydrogen-bond donors (Lipinski definition) is 0. The first-order valence-electron chi connectivity index (χ1n) is 16.0. The summed E-state index contributed by atoms with van der Waals surface area (Å²) in [6.07, 6.45) is 19.7. The third kappa shape index (κ3) is 6.19. The summed E-state index contributed by atoms with van der Waals surface area (Å²) in [7, 11) is 0. The van der Waals surface area contributed by atoms with Crippen LogP contribution in [0.15, 0.2) is 142 Å². The van der Waals surface area contributed by atoms with Gasteiger partial charge in [-0.05, 0) is 64.4 Å². The molecule has 50 heavy (non-hydrogen) atoms. The minimum atomic E-state index is 0. The molecule has 1 unspecified atom stereocenters. The molecule has 2 heterocycles. The lowest BCUT2D eigenvalue weighted by Gasteiger charge is -2.24. The van der Waals surface area contributed by atoms with Gasteiger partial charge in [-0.1, -0.05) is 97.1 Å². The number of hydrogen-bond acceptors (Lipinski definition) is 7. The number of para-hydroxylation sites is 4. The topological polar surface area (TPSA) is 103 Å². The van der Waals surface area contributed by atoms with Crippen molar-refractivity contribution in [2.45, 2.75) is 18.8 Å². The van der Waals surface area contributed by atoms with Crippen LogP contribution < -0.4 is 0 Å². The van der Waals surface area contributed by atoms with Crippen LogP contribution in [0.25, 0.3) is 50.2 Å². The third-order valence-electron chi connectivity index (χ3n) is 8.71. The molecule has 10 rings (SSSR count). The van der Waals surface area contributed by atoms with E-state index in [2.05, 4.69) is 40.3 Å². The van der Waals surface area contributed by atoms with Gasteiger partial charge in [0, 0.05) is 41.7 Å². The second-order valence-electron chi connectivity index (χ2n) is 11.8. The molecule has 0 saturated heterocycles. The summed E-state index contributed by atoms with van der Waals surface area (Å²) in [6.45, 7) is 0. The van der Waals surface area contributed by atoms with Crippen LogP contribution >= 0.6 is 0 Å². The predicted octanol–water partition coefficient (Wildman–Crippen LogP) is 8.80. The highest BCUT2D eigenvalue weighted by molar-refractivity contribution is 6.22. The van der Waals surface area contributed by atoms with Gasteiger partial charge in [0.2, 0.25) is 11.8 Å². The Balaban J connectivity index is 0.000000117. The Morgan fingerprint density at radius 1 is 0.620 bits per heavy atom. The standard InChI is InChI=1S/C16H10O.2C13H9NO2.Al/c17-14-9-7-12-5-4-10-2-1-3-11-6-8-13(14)16(12)15(10)11;2*15-11-7-3-1-5-9(11)13-14-10-6-2-4-8-12(10)16-13;/h1-9,12H;2*1-6,8H,7H2;. The number of nitrogens with zero attached hydrogens (tertiary/aromatic N) is 2. The van der Waals surface area contributed by atoms with E-state index >= 15 is 0 Å². The second kappa shape index (κ2) is 13.9. The van der Waals surface area contributed by atoms with Crippen LogP contribution in [-0.2, 0) is 9.59 Å². The summed E-state index contributed by atoms with van der Waals surface area (Å²) < 4.78 is 11.1. The summed E-state index contributed by atoms with van der Waals surface area (Å²) >= 11 is 0. The molecule has 4 aromatic carbocycles. The lowest BCUT2D eigenvalue weighted by atomic mass is 9.79. The number of rotatable bonds is 2. The van der Waals surface area contributed by atoms with Crippen LogP contribution in [0, 0.1) is 0 Å². The van der Waals surface area contributed by atoms with Gasteiger partial charge >= 0.3 is 0 Å². The van der Waals surface area contributed by atoms with Crippen molar-refractivity contribution in [3.63, 3.8) is 0 Å². The van der Waals surface area contributed by atoms with E-state index in [9.17, 15) is 14.4 Å². The zero-order valence-corrected chi connectivity index (χ0v) is 27.9. The quantitative estimate of drug-likeness (QED) is 0.170. The molecule has 6 aromatic rings. The second-order valence-corrected chi connectivity index (χ2v) is 11.8. The van der Waals surface area contributed by atoms with Crippen molar-refractivity contribution < 1.29 is 23.2 Å². The molecule has 0 amide bonds. The van der Waals surface area contributed by atoms with Gasteiger partial charge in [-0.25, -0.2) is 9.97 Å². The molecule has 239 valence electrons. The molecule has 0 saturated carbocycles.